The molecule has 0 bridgehead atoms. The molecule has 0 fully saturated rings. The van der Waals surface area contributed by atoms with Gasteiger partial charge in [-0.15, -0.1) is 0 Å². The van der Waals surface area contributed by atoms with Crippen LogP contribution in [-0.4, -0.2) is 32.1 Å². The number of fused-ring (bicyclic) bond motifs is 1. The standard InChI is InChI=1S/C22H27N5/c1-16-8-7-9-17(12-16)14-24-22(23-2)25-15-18-13-21(27(3)4)26-20-11-6-5-10-19(18)20/h5-13H,14-15H2,1-4H3,(H2,23,24,25). The molecule has 5 nitrogen and oxygen atoms in total. The van der Waals surface area contributed by atoms with Gasteiger partial charge in [0.1, 0.15) is 5.82 Å². The number of rotatable bonds is 5. The first kappa shape index (κ1) is 18.7. The van der Waals surface area contributed by atoms with Gasteiger partial charge in [-0.3, -0.25) is 4.99 Å². The minimum absolute atomic E-state index is 0.678. The summed E-state index contributed by atoms with van der Waals surface area (Å²) in [6.45, 7) is 3.52. The van der Waals surface area contributed by atoms with E-state index in [1.54, 1.807) is 7.05 Å². The first-order valence-corrected chi connectivity index (χ1v) is 9.13. The van der Waals surface area contributed by atoms with Crippen LogP contribution in [0.5, 0.6) is 0 Å². The van der Waals surface area contributed by atoms with Crippen molar-refractivity contribution in [3.05, 3.63) is 71.3 Å². The molecule has 0 aliphatic rings. The van der Waals surface area contributed by atoms with Gasteiger partial charge in [-0.1, -0.05) is 48.0 Å². The molecule has 3 aromatic rings. The molecule has 1 heterocycles. The second-order valence-electron chi connectivity index (χ2n) is 6.82. The predicted molar refractivity (Wildman–Crippen MR) is 114 cm³/mol. The quantitative estimate of drug-likeness (QED) is 0.540. The van der Waals surface area contributed by atoms with E-state index in [2.05, 4.69) is 65.0 Å². The van der Waals surface area contributed by atoms with Gasteiger partial charge < -0.3 is 15.5 Å². The Balaban J connectivity index is 1.72. The van der Waals surface area contributed by atoms with E-state index < -0.39 is 0 Å². The van der Waals surface area contributed by atoms with E-state index >= 15 is 0 Å². The van der Waals surface area contributed by atoms with Gasteiger partial charge in [0.15, 0.2) is 5.96 Å². The summed E-state index contributed by atoms with van der Waals surface area (Å²) in [6.07, 6.45) is 0. The summed E-state index contributed by atoms with van der Waals surface area (Å²) in [7, 11) is 5.81. The molecule has 5 heteroatoms. The first-order valence-electron chi connectivity index (χ1n) is 9.13. The number of hydrogen-bond acceptors (Lipinski definition) is 3. The third-order valence-corrected chi connectivity index (χ3v) is 4.46. The van der Waals surface area contributed by atoms with Gasteiger partial charge in [-0.05, 0) is 30.2 Å². The van der Waals surface area contributed by atoms with E-state index in [9.17, 15) is 0 Å². The maximum absolute atomic E-state index is 4.72. The van der Waals surface area contributed by atoms with Crippen LogP contribution in [0.15, 0.2) is 59.6 Å². The highest BCUT2D eigenvalue weighted by molar-refractivity contribution is 5.85. The Morgan fingerprint density at radius 2 is 1.78 bits per heavy atom. The normalized spacial score (nSPS) is 11.5. The van der Waals surface area contributed by atoms with Crippen molar-refractivity contribution in [2.75, 3.05) is 26.0 Å². The van der Waals surface area contributed by atoms with Gasteiger partial charge in [0, 0.05) is 39.6 Å². The summed E-state index contributed by atoms with van der Waals surface area (Å²) in [5.74, 6) is 1.73. The fourth-order valence-corrected chi connectivity index (χ4v) is 3.01. The number of aliphatic imine (C=N–C) groups is 1. The minimum atomic E-state index is 0.678. The second-order valence-corrected chi connectivity index (χ2v) is 6.82. The van der Waals surface area contributed by atoms with E-state index in [4.69, 9.17) is 4.98 Å². The Labute approximate surface area is 161 Å². The molecule has 0 atom stereocenters. The molecule has 0 saturated heterocycles. The molecular formula is C22H27N5. The number of anilines is 1. The van der Waals surface area contributed by atoms with E-state index in [1.807, 2.05) is 31.1 Å². The summed E-state index contributed by atoms with van der Waals surface area (Å²) in [5.41, 5.74) is 4.70. The van der Waals surface area contributed by atoms with Gasteiger partial charge in [0.05, 0.1) is 5.52 Å². The van der Waals surface area contributed by atoms with Gasteiger partial charge in [-0.2, -0.15) is 0 Å². The third kappa shape index (κ3) is 4.76. The molecule has 27 heavy (non-hydrogen) atoms. The van der Waals surface area contributed by atoms with Crippen LogP contribution >= 0.6 is 0 Å². The van der Waals surface area contributed by atoms with Crippen molar-refractivity contribution in [2.45, 2.75) is 20.0 Å². The zero-order valence-electron chi connectivity index (χ0n) is 16.5. The number of aromatic nitrogens is 1. The van der Waals surface area contributed by atoms with Gasteiger partial charge >= 0.3 is 0 Å². The highest BCUT2D eigenvalue weighted by atomic mass is 15.2. The Kier molecular flexibility index (Phi) is 5.91. The lowest BCUT2D eigenvalue weighted by Crippen LogP contribution is -2.36. The predicted octanol–water partition coefficient (Wildman–Crippen LogP) is 3.47. The average molecular weight is 361 g/mol. The van der Waals surface area contributed by atoms with Crippen molar-refractivity contribution in [1.29, 1.82) is 0 Å². The third-order valence-electron chi connectivity index (χ3n) is 4.46. The molecule has 1 aromatic heterocycles. The summed E-state index contributed by atoms with van der Waals surface area (Å²) >= 11 is 0. The Morgan fingerprint density at radius 1 is 1.00 bits per heavy atom. The Hall–Kier alpha value is -3.08. The largest absolute Gasteiger partial charge is 0.363 e. The zero-order valence-corrected chi connectivity index (χ0v) is 16.5. The molecule has 0 saturated carbocycles. The van der Waals surface area contributed by atoms with Crippen LogP contribution in [0.25, 0.3) is 10.9 Å². The molecule has 0 unspecified atom stereocenters. The lowest BCUT2D eigenvalue weighted by Gasteiger charge is -2.17. The average Bonchev–Trinajstić information content (AvgIpc) is 2.67. The van der Waals surface area contributed by atoms with Crippen molar-refractivity contribution in [3.63, 3.8) is 0 Å². The molecule has 0 aliphatic carbocycles. The van der Waals surface area contributed by atoms with Crippen LogP contribution in [-0.2, 0) is 13.1 Å². The van der Waals surface area contributed by atoms with Crippen molar-refractivity contribution in [1.82, 2.24) is 15.6 Å². The number of nitrogens with one attached hydrogen (secondary N) is 2. The van der Waals surface area contributed by atoms with Crippen molar-refractivity contribution in [3.8, 4) is 0 Å². The SMILES string of the molecule is CN=C(NCc1cccc(C)c1)NCc1cc(N(C)C)nc2ccccc12. The van der Waals surface area contributed by atoms with Crippen LogP contribution in [0.3, 0.4) is 0 Å². The maximum atomic E-state index is 4.72. The van der Waals surface area contributed by atoms with Gasteiger partial charge in [0.2, 0.25) is 0 Å². The van der Waals surface area contributed by atoms with Crippen LogP contribution in [0.1, 0.15) is 16.7 Å². The number of para-hydroxylation sites is 1. The van der Waals surface area contributed by atoms with Gasteiger partial charge in [-0.25, -0.2) is 4.98 Å². The van der Waals surface area contributed by atoms with Gasteiger partial charge in [0.25, 0.3) is 0 Å². The molecule has 0 aliphatic heterocycles. The summed E-state index contributed by atoms with van der Waals surface area (Å²) in [6, 6.07) is 18.8. The fourth-order valence-electron chi connectivity index (χ4n) is 3.01. The molecule has 0 amide bonds. The van der Waals surface area contributed by atoms with Crippen LogP contribution in [0, 0.1) is 6.92 Å². The molecule has 2 aromatic carbocycles. The topological polar surface area (TPSA) is 52.6 Å². The lowest BCUT2D eigenvalue weighted by molar-refractivity contribution is 0.810. The molecule has 140 valence electrons. The van der Waals surface area contributed by atoms with E-state index in [1.165, 1.54) is 16.7 Å². The summed E-state index contributed by atoms with van der Waals surface area (Å²) in [5, 5.41) is 7.96. The number of hydrogen-bond donors (Lipinski definition) is 2. The van der Waals surface area contributed by atoms with E-state index in [-0.39, 0.29) is 0 Å². The van der Waals surface area contributed by atoms with E-state index in [0.29, 0.717) is 6.54 Å². The summed E-state index contributed by atoms with van der Waals surface area (Å²) in [4.78, 5) is 11.1. The Morgan fingerprint density at radius 3 is 2.52 bits per heavy atom. The number of guanidine groups is 1. The number of nitrogens with zero attached hydrogens (tertiary/aromatic N) is 3. The summed E-state index contributed by atoms with van der Waals surface area (Å²) < 4.78 is 0. The van der Waals surface area contributed by atoms with Crippen molar-refractivity contribution in [2.24, 2.45) is 4.99 Å². The van der Waals surface area contributed by atoms with Crippen LogP contribution in [0.2, 0.25) is 0 Å². The van der Waals surface area contributed by atoms with Crippen LogP contribution < -0.4 is 15.5 Å². The smallest absolute Gasteiger partial charge is 0.191 e. The number of pyridine rings is 1. The fraction of sp³-hybridized carbons (Fsp3) is 0.273. The maximum Gasteiger partial charge on any atom is 0.191 e. The lowest BCUT2D eigenvalue weighted by atomic mass is 10.1. The zero-order chi connectivity index (χ0) is 19.2. The number of aryl methyl sites for hydroxylation is 1. The monoisotopic (exact) mass is 361 g/mol. The van der Waals surface area contributed by atoms with Crippen LogP contribution in [0.4, 0.5) is 5.82 Å². The minimum Gasteiger partial charge on any atom is -0.363 e. The molecule has 0 spiro atoms. The van der Waals surface area contributed by atoms with Crippen molar-refractivity contribution < 1.29 is 0 Å². The second kappa shape index (κ2) is 8.54. The molecule has 3 rings (SSSR count). The first-order chi connectivity index (χ1) is 13.1. The van der Waals surface area contributed by atoms with Crippen molar-refractivity contribution >= 4 is 22.7 Å². The molecule has 0 radical (unpaired) electrons. The molecule has 2 N–H and O–H groups in total. The highest BCUT2D eigenvalue weighted by Crippen LogP contribution is 2.21. The van der Waals surface area contributed by atoms with E-state index in [0.717, 1.165) is 29.2 Å². The highest BCUT2D eigenvalue weighted by Gasteiger charge is 2.08. The number of benzene rings is 2. The molecular weight excluding hydrogens is 334 g/mol. The Bertz CT molecular complexity index is 946.